The molecule has 1 fully saturated rings. The molecule has 1 aliphatic carbocycles. The van der Waals surface area contributed by atoms with Gasteiger partial charge in [-0.25, -0.2) is 0 Å². The van der Waals surface area contributed by atoms with Crippen LogP contribution in [0.1, 0.15) is 32.3 Å². The van der Waals surface area contributed by atoms with E-state index in [1.165, 1.54) is 0 Å². The summed E-state index contributed by atoms with van der Waals surface area (Å²) in [6.45, 7) is 4.61. The molecular formula is C22H25BrN2O3. The SMILES string of the molecule is CC(C)(CNC(=O)COc1cccc(NC(=O)C2CC2)c1)c1ccc(Br)cc1. The molecule has 2 N–H and O–H groups in total. The first-order valence-electron chi connectivity index (χ1n) is 9.40. The van der Waals surface area contributed by atoms with E-state index in [1.54, 1.807) is 18.2 Å². The van der Waals surface area contributed by atoms with Crippen molar-refractivity contribution in [3.8, 4) is 5.75 Å². The number of carbonyl (C=O) groups is 2. The van der Waals surface area contributed by atoms with E-state index in [0.717, 1.165) is 22.9 Å². The van der Waals surface area contributed by atoms with Crippen molar-refractivity contribution < 1.29 is 14.3 Å². The fourth-order valence-electron chi connectivity index (χ4n) is 2.78. The maximum absolute atomic E-state index is 12.2. The number of amides is 2. The molecular weight excluding hydrogens is 420 g/mol. The van der Waals surface area contributed by atoms with Crippen LogP contribution in [0.4, 0.5) is 5.69 Å². The third-order valence-corrected chi connectivity index (χ3v) is 5.30. The molecule has 0 aliphatic heterocycles. The molecule has 0 spiro atoms. The summed E-state index contributed by atoms with van der Waals surface area (Å²) in [5.74, 6) is 0.558. The highest BCUT2D eigenvalue weighted by Crippen LogP contribution is 2.30. The lowest BCUT2D eigenvalue weighted by Gasteiger charge is -2.25. The maximum atomic E-state index is 12.2. The van der Waals surface area contributed by atoms with Crippen LogP contribution in [0.2, 0.25) is 0 Å². The molecule has 2 aromatic rings. The second-order valence-electron chi connectivity index (χ2n) is 7.75. The average molecular weight is 445 g/mol. The predicted octanol–water partition coefficient (Wildman–Crippen LogP) is 4.27. The summed E-state index contributed by atoms with van der Waals surface area (Å²) in [4.78, 5) is 24.0. The number of nitrogens with one attached hydrogen (secondary N) is 2. The van der Waals surface area contributed by atoms with Crippen LogP contribution in [0.3, 0.4) is 0 Å². The molecule has 148 valence electrons. The van der Waals surface area contributed by atoms with Gasteiger partial charge in [-0.05, 0) is 42.7 Å². The Bertz CT molecular complexity index is 845. The molecule has 1 aliphatic rings. The Morgan fingerprint density at radius 2 is 1.86 bits per heavy atom. The van der Waals surface area contributed by atoms with E-state index >= 15 is 0 Å². The van der Waals surface area contributed by atoms with Gasteiger partial charge in [0.2, 0.25) is 5.91 Å². The van der Waals surface area contributed by atoms with Crippen molar-refractivity contribution in [2.45, 2.75) is 32.1 Å². The minimum Gasteiger partial charge on any atom is -0.484 e. The number of halogens is 1. The van der Waals surface area contributed by atoms with Crippen molar-refractivity contribution in [1.29, 1.82) is 0 Å². The van der Waals surface area contributed by atoms with Crippen LogP contribution in [0, 0.1) is 5.92 Å². The highest BCUT2D eigenvalue weighted by molar-refractivity contribution is 9.10. The van der Waals surface area contributed by atoms with Gasteiger partial charge in [-0.3, -0.25) is 9.59 Å². The van der Waals surface area contributed by atoms with Crippen LogP contribution in [0.5, 0.6) is 5.75 Å². The van der Waals surface area contributed by atoms with Gasteiger partial charge in [0.15, 0.2) is 6.61 Å². The first-order valence-corrected chi connectivity index (χ1v) is 10.2. The number of benzene rings is 2. The molecule has 0 radical (unpaired) electrons. The molecule has 2 amide bonds. The summed E-state index contributed by atoms with van der Waals surface area (Å²) in [6, 6.07) is 15.2. The maximum Gasteiger partial charge on any atom is 0.257 e. The molecule has 0 aromatic heterocycles. The van der Waals surface area contributed by atoms with Crippen LogP contribution >= 0.6 is 15.9 Å². The van der Waals surface area contributed by atoms with Crippen LogP contribution < -0.4 is 15.4 Å². The lowest BCUT2D eigenvalue weighted by atomic mass is 9.84. The van der Waals surface area contributed by atoms with Gasteiger partial charge in [0.1, 0.15) is 5.75 Å². The van der Waals surface area contributed by atoms with Crippen LogP contribution in [-0.2, 0) is 15.0 Å². The van der Waals surface area contributed by atoms with Gasteiger partial charge in [-0.2, -0.15) is 0 Å². The van der Waals surface area contributed by atoms with Crippen molar-refractivity contribution in [3.05, 3.63) is 58.6 Å². The molecule has 5 nitrogen and oxygen atoms in total. The van der Waals surface area contributed by atoms with Gasteiger partial charge in [0.05, 0.1) is 0 Å². The molecule has 6 heteroatoms. The van der Waals surface area contributed by atoms with Crippen molar-refractivity contribution in [2.24, 2.45) is 5.92 Å². The van der Waals surface area contributed by atoms with Gasteiger partial charge in [-0.15, -0.1) is 0 Å². The Morgan fingerprint density at radius 1 is 1.14 bits per heavy atom. The molecule has 0 saturated heterocycles. The zero-order valence-corrected chi connectivity index (χ0v) is 17.7. The van der Waals surface area contributed by atoms with E-state index in [-0.39, 0.29) is 29.8 Å². The van der Waals surface area contributed by atoms with Gasteiger partial charge < -0.3 is 15.4 Å². The van der Waals surface area contributed by atoms with Crippen LogP contribution in [0.15, 0.2) is 53.0 Å². The van der Waals surface area contributed by atoms with Crippen LogP contribution in [-0.4, -0.2) is 25.0 Å². The minimum atomic E-state index is -0.191. The Labute approximate surface area is 174 Å². The smallest absolute Gasteiger partial charge is 0.257 e. The molecule has 0 unspecified atom stereocenters. The molecule has 0 atom stereocenters. The van der Waals surface area contributed by atoms with E-state index in [0.29, 0.717) is 18.0 Å². The molecule has 0 bridgehead atoms. The van der Waals surface area contributed by atoms with Gasteiger partial charge in [0.25, 0.3) is 5.91 Å². The standard InChI is InChI=1S/C22H25BrN2O3/c1-22(2,16-8-10-17(23)11-9-16)14-24-20(26)13-28-19-5-3-4-18(12-19)25-21(27)15-6-7-15/h3-5,8-12,15H,6-7,13-14H2,1-2H3,(H,24,26)(H,25,27). The lowest BCUT2D eigenvalue weighted by Crippen LogP contribution is -2.38. The minimum absolute atomic E-state index is 0.0464. The Balaban J connectivity index is 1.47. The third kappa shape index (κ3) is 5.83. The summed E-state index contributed by atoms with van der Waals surface area (Å²) in [7, 11) is 0. The monoisotopic (exact) mass is 444 g/mol. The predicted molar refractivity (Wildman–Crippen MR) is 113 cm³/mol. The highest BCUT2D eigenvalue weighted by atomic mass is 79.9. The third-order valence-electron chi connectivity index (χ3n) is 4.77. The van der Waals surface area contributed by atoms with Gasteiger partial charge in [-0.1, -0.05) is 48.0 Å². The van der Waals surface area contributed by atoms with E-state index in [1.807, 2.05) is 30.3 Å². The van der Waals surface area contributed by atoms with Crippen molar-refractivity contribution in [2.75, 3.05) is 18.5 Å². The van der Waals surface area contributed by atoms with Gasteiger partial charge >= 0.3 is 0 Å². The molecule has 0 heterocycles. The average Bonchev–Trinajstić information content (AvgIpc) is 3.51. The first kappa shape index (κ1) is 20.4. The van der Waals surface area contributed by atoms with Crippen LogP contribution in [0.25, 0.3) is 0 Å². The Hall–Kier alpha value is -2.34. The highest BCUT2D eigenvalue weighted by Gasteiger charge is 2.29. The fourth-order valence-corrected chi connectivity index (χ4v) is 3.04. The van der Waals surface area contributed by atoms with Gasteiger partial charge in [0, 0.05) is 34.1 Å². The zero-order valence-electron chi connectivity index (χ0n) is 16.1. The lowest BCUT2D eigenvalue weighted by molar-refractivity contribution is -0.123. The van der Waals surface area contributed by atoms with E-state index < -0.39 is 0 Å². The van der Waals surface area contributed by atoms with E-state index in [4.69, 9.17) is 4.74 Å². The van der Waals surface area contributed by atoms with Crippen molar-refractivity contribution in [3.63, 3.8) is 0 Å². The molecule has 3 rings (SSSR count). The molecule has 2 aromatic carbocycles. The van der Waals surface area contributed by atoms with E-state index in [9.17, 15) is 9.59 Å². The summed E-state index contributed by atoms with van der Waals surface area (Å²) in [5, 5.41) is 5.81. The number of carbonyl (C=O) groups excluding carboxylic acids is 2. The second-order valence-corrected chi connectivity index (χ2v) is 8.66. The molecule has 28 heavy (non-hydrogen) atoms. The normalized spacial score (nSPS) is 13.7. The topological polar surface area (TPSA) is 67.4 Å². The number of hydrogen-bond donors (Lipinski definition) is 2. The Kier molecular flexibility index (Phi) is 6.39. The zero-order chi connectivity index (χ0) is 20.1. The Morgan fingerprint density at radius 3 is 2.54 bits per heavy atom. The quantitative estimate of drug-likeness (QED) is 0.638. The summed E-state index contributed by atoms with van der Waals surface area (Å²) >= 11 is 3.44. The second kappa shape index (κ2) is 8.78. The van der Waals surface area contributed by atoms with E-state index in [2.05, 4.69) is 40.4 Å². The fraction of sp³-hybridized carbons (Fsp3) is 0.364. The number of anilines is 1. The first-order chi connectivity index (χ1) is 13.3. The number of hydrogen-bond acceptors (Lipinski definition) is 3. The number of rotatable bonds is 8. The summed E-state index contributed by atoms with van der Waals surface area (Å²) in [6.07, 6.45) is 1.91. The van der Waals surface area contributed by atoms with Crippen molar-refractivity contribution in [1.82, 2.24) is 5.32 Å². The number of ether oxygens (including phenoxy) is 1. The van der Waals surface area contributed by atoms with Crippen molar-refractivity contribution >= 4 is 33.4 Å². The largest absolute Gasteiger partial charge is 0.484 e. The molecule has 1 saturated carbocycles. The summed E-state index contributed by atoms with van der Waals surface area (Å²) < 4.78 is 6.61. The summed E-state index contributed by atoms with van der Waals surface area (Å²) in [5.41, 5.74) is 1.64.